The molecule has 0 aliphatic heterocycles. The van der Waals surface area contributed by atoms with Gasteiger partial charge in [-0.1, -0.05) is 42.5 Å². The predicted octanol–water partition coefficient (Wildman–Crippen LogP) is 2.91. The van der Waals surface area contributed by atoms with Gasteiger partial charge in [0, 0.05) is 0 Å². The Balaban J connectivity index is 1.84. The zero-order valence-electron chi connectivity index (χ0n) is 17.2. The van der Waals surface area contributed by atoms with E-state index in [9.17, 15) is 13.2 Å². The summed E-state index contributed by atoms with van der Waals surface area (Å²) in [5.74, 6) is -0.332. The molecule has 0 saturated carbocycles. The minimum absolute atomic E-state index is 0.0415. The van der Waals surface area contributed by atoms with Crippen LogP contribution < -0.4 is 14.5 Å². The number of carbonyl (C=O) groups is 1. The summed E-state index contributed by atoms with van der Waals surface area (Å²) in [4.78, 5) is 12.6. The number of methoxy groups -OCH3 is 1. The molecule has 3 rings (SSSR count). The maximum Gasteiger partial charge on any atom is 0.264 e. The van der Waals surface area contributed by atoms with Gasteiger partial charge in [0.1, 0.15) is 12.3 Å². The Hall–Kier alpha value is -4.16. The number of nitrogens with one attached hydrogen (secondary N) is 1. The number of hydrazone groups is 1. The smallest absolute Gasteiger partial charge is 0.264 e. The number of hydrogen-bond acceptors (Lipinski definition) is 6. The van der Waals surface area contributed by atoms with Crippen LogP contribution in [0.1, 0.15) is 11.1 Å². The maximum atomic E-state index is 13.3. The van der Waals surface area contributed by atoms with E-state index in [1.54, 1.807) is 66.7 Å². The second-order valence-corrected chi connectivity index (χ2v) is 8.39. The fourth-order valence-electron chi connectivity index (χ4n) is 2.84. The first-order valence-corrected chi connectivity index (χ1v) is 10.9. The minimum Gasteiger partial charge on any atom is -0.495 e. The first kappa shape index (κ1) is 22.5. The van der Waals surface area contributed by atoms with Crippen LogP contribution in [0.4, 0.5) is 5.69 Å². The lowest BCUT2D eigenvalue weighted by Gasteiger charge is -2.25. The summed E-state index contributed by atoms with van der Waals surface area (Å²) in [5.41, 5.74) is 3.74. The highest BCUT2D eigenvalue weighted by atomic mass is 32.2. The molecule has 8 nitrogen and oxygen atoms in total. The Morgan fingerprint density at radius 2 is 1.72 bits per heavy atom. The van der Waals surface area contributed by atoms with Crippen LogP contribution in [0.5, 0.6) is 5.75 Å². The van der Waals surface area contributed by atoms with E-state index in [1.807, 2.05) is 6.07 Å². The molecule has 0 aliphatic carbocycles. The average Bonchev–Trinajstić information content (AvgIpc) is 2.83. The normalized spacial score (nSPS) is 11.0. The Morgan fingerprint density at radius 3 is 2.38 bits per heavy atom. The Kier molecular flexibility index (Phi) is 7.21. The number of hydrogen-bond donors (Lipinski definition) is 1. The first-order chi connectivity index (χ1) is 15.5. The van der Waals surface area contributed by atoms with E-state index in [-0.39, 0.29) is 10.6 Å². The fourth-order valence-corrected chi connectivity index (χ4v) is 4.30. The molecule has 0 fully saturated rings. The minimum atomic E-state index is -4.06. The van der Waals surface area contributed by atoms with Crippen LogP contribution >= 0.6 is 0 Å². The number of ether oxygens (including phenoxy) is 1. The largest absolute Gasteiger partial charge is 0.495 e. The third-order valence-electron chi connectivity index (χ3n) is 4.41. The zero-order chi connectivity index (χ0) is 23.0. The monoisotopic (exact) mass is 448 g/mol. The number of rotatable bonds is 8. The van der Waals surface area contributed by atoms with Gasteiger partial charge in [-0.25, -0.2) is 13.8 Å². The number of benzene rings is 3. The van der Waals surface area contributed by atoms with Gasteiger partial charge in [-0.3, -0.25) is 9.10 Å². The molecule has 3 aromatic rings. The highest BCUT2D eigenvalue weighted by molar-refractivity contribution is 7.92. The van der Waals surface area contributed by atoms with Crippen LogP contribution in [-0.4, -0.2) is 34.2 Å². The summed E-state index contributed by atoms with van der Waals surface area (Å²) in [6, 6.07) is 23.0. The molecule has 3 aromatic carbocycles. The number of sulfonamides is 1. The standard InChI is InChI=1S/C23H20N4O4S/c1-31-22-10-6-5-9-21(22)27(32(29,30)20-7-3-2-4-8-20)17-23(28)26-25-16-19-13-11-18(15-24)12-14-19/h2-14,16H,17H2,1H3,(H,26,28)/b25-16-. The molecule has 0 aromatic heterocycles. The van der Waals surface area contributed by atoms with E-state index in [1.165, 1.54) is 25.5 Å². The molecule has 9 heteroatoms. The molecule has 0 aliphatic rings. The summed E-state index contributed by atoms with van der Waals surface area (Å²) in [6.45, 7) is -0.512. The lowest BCUT2D eigenvalue weighted by atomic mass is 10.2. The molecule has 162 valence electrons. The van der Waals surface area contributed by atoms with Gasteiger partial charge in [-0.05, 0) is 42.0 Å². The van der Waals surface area contributed by atoms with Crippen molar-refractivity contribution in [3.05, 3.63) is 90.0 Å². The summed E-state index contributed by atoms with van der Waals surface area (Å²) < 4.78 is 32.9. The van der Waals surface area contributed by atoms with Crippen molar-refractivity contribution in [2.45, 2.75) is 4.90 Å². The number of nitriles is 1. The molecular formula is C23H20N4O4S. The molecule has 0 bridgehead atoms. The molecule has 0 spiro atoms. The molecule has 1 N–H and O–H groups in total. The molecule has 0 atom stereocenters. The van der Waals surface area contributed by atoms with Crippen molar-refractivity contribution in [1.29, 1.82) is 5.26 Å². The van der Waals surface area contributed by atoms with Gasteiger partial charge in [-0.15, -0.1) is 0 Å². The van der Waals surface area contributed by atoms with Gasteiger partial charge in [0.2, 0.25) is 0 Å². The van der Waals surface area contributed by atoms with Crippen molar-refractivity contribution in [3.63, 3.8) is 0 Å². The maximum absolute atomic E-state index is 13.3. The summed E-state index contributed by atoms with van der Waals surface area (Å²) in [6.07, 6.45) is 1.40. The van der Waals surface area contributed by atoms with E-state index < -0.39 is 22.5 Å². The van der Waals surface area contributed by atoms with Gasteiger partial charge in [0.05, 0.1) is 35.5 Å². The zero-order valence-corrected chi connectivity index (χ0v) is 18.0. The van der Waals surface area contributed by atoms with Gasteiger partial charge in [-0.2, -0.15) is 10.4 Å². The van der Waals surface area contributed by atoms with Crippen LogP contribution in [0.2, 0.25) is 0 Å². The van der Waals surface area contributed by atoms with Gasteiger partial charge >= 0.3 is 0 Å². The van der Waals surface area contributed by atoms with Gasteiger partial charge < -0.3 is 4.74 Å². The second-order valence-electron chi connectivity index (χ2n) is 6.52. The van der Waals surface area contributed by atoms with Crippen LogP contribution in [0.3, 0.4) is 0 Å². The van der Waals surface area contributed by atoms with Gasteiger partial charge in [0.15, 0.2) is 0 Å². The third-order valence-corrected chi connectivity index (χ3v) is 6.19. The molecular weight excluding hydrogens is 428 g/mol. The van der Waals surface area contributed by atoms with E-state index in [4.69, 9.17) is 10.00 Å². The molecule has 0 radical (unpaired) electrons. The fraction of sp³-hybridized carbons (Fsp3) is 0.0870. The molecule has 1 amide bonds. The highest BCUT2D eigenvalue weighted by Gasteiger charge is 2.29. The lowest BCUT2D eigenvalue weighted by molar-refractivity contribution is -0.119. The Labute approximate surface area is 186 Å². The van der Waals surface area contributed by atoms with Crippen molar-refractivity contribution in [2.75, 3.05) is 18.0 Å². The van der Waals surface area contributed by atoms with Crippen molar-refractivity contribution >= 4 is 27.8 Å². The van der Waals surface area contributed by atoms with E-state index in [0.717, 1.165) is 4.31 Å². The van der Waals surface area contributed by atoms with Crippen LogP contribution in [0.15, 0.2) is 88.9 Å². The second kappa shape index (κ2) is 10.2. The van der Waals surface area contributed by atoms with Crippen molar-refractivity contribution in [3.8, 4) is 11.8 Å². The highest BCUT2D eigenvalue weighted by Crippen LogP contribution is 2.31. The van der Waals surface area contributed by atoms with Crippen LogP contribution in [0, 0.1) is 11.3 Å². The van der Waals surface area contributed by atoms with Crippen LogP contribution in [0.25, 0.3) is 0 Å². The molecule has 0 saturated heterocycles. The molecule has 32 heavy (non-hydrogen) atoms. The number of anilines is 1. The van der Waals surface area contributed by atoms with Crippen molar-refractivity contribution < 1.29 is 17.9 Å². The Bertz CT molecular complexity index is 1250. The summed E-state index contributed by atoms with van der Waals surface area (Å²) in [5, 5.41) is 12.7. The quantitative estimate of drug-likeness (QED) is 0.421. The SMILES string of the molecule is COc1ccccc1N(CC(=O)N/N=C\c1ccc(C#N)cc1)S(=O)(=O)c1ccccc1. The number of amides is 1. The third kappa shape index (κ3) is 5.30. The van der Waals surface area contributed by atoms with E-state index in [2.05, 4.69) is 10.5 Å². The molecule has 0 heterocycles. The van der Waals surface area contributed by atoms with Crippen molar-refractivity contribution in [1.82, 2.24) is 5.43 Å². The summed E-state index contributed by atoms with van der Waals surface area (Å²) in [7, 11) is -2.63. The van der Waals surface area contributed by atoms with E-state index in [0.29, 0.717) is 16.9 Å². The first-order valence-electron chi connectivity index (χ1n) is 9.48. The predicted molar refractivity (Wildman–Crippen MR) is 121 cm³/mol. The number of para-hydroxylation sites is 2. The summed E-state index contributed by atoms with van der Waals surface area (Å²) >= 11 is 0. The van der Waals surface area contributed by atoms with Gasteiger partial charge in [0.25, 0.3) is 15.9 Å². The molecule has 0 unspecified atom stereocenters. The van der Waals surface area contributed by atoms with E-state index >= 15 is 0 Å². The lowest BCUT2D eigenvalue weighted by Crippen LogP contribution is -2.39. The number of nitrogens with zero attached hydrogens (tertiary/aromatic N) is 3. The Morgan fingerprint density at radius 1 is 1.06 bits per heavy atom. The van der Waals surface area contributed by atoms with Crippen LogP contribution in [-0.2, 0) is 14.8 Å². The topological polar surface area (TPSA) is 112 Å². The number of carbonyl (C=O) groups excluding carboxylic acids is 1. The average molecular weight is 449 g/mol. The van der Waals surface area contributed by atoms with Crippen molar-refractivity contribution in [2.24, 2.45) is 5.10 Å².